The van der Waals surface area contributed by atoms with Crippen molar-refractivity contribution in [1.82, 2.24) is 0 Å². The molecule has 10 heavy (non-hydrogen) atoms. The van der Waals surface area contributed by atoms with Crippen molar-refractivity contribution < 1.29 is 9.53 Å². The lowest BCUT2D eigenvalue weighted by Gasteiger charge is -2.28. The van der Waals surface area contributed by atoms with Crippen molar-refractivity contribution >= 4 is 6.29 Å². The molecular weight excluding hydrogens is 128 g/mol. The van der Waals surface area contributed by atoms with E-state index in [0.29, 0.717) is 0 Å². The van der Waals surface area contributed by atoms with Crippen LogP contribution >= 0.6 is 0 Å². The van der Waals surface area contributed by atoms with Gasteiger partial charge in [-0.2, -0.15) is 0 Å². The predicted octanol–water partition coefficient (Wildman–Crippen LogP) is 1.39. The van der Waals surface area contributed by atoms with Gasteiger partial charge in [0.2, 0.25) is 0 Å². The molecule has 0 aliphatic carbocycles. The van der Waals surface area contributed by atoms with Crippen LogP contribution < -0.4 is 0 Å². The third kappa shape index (κ3) is 1.81. The summed E-state index contributed by atoms with van der Waals surface area (Å²) in [6.45, 7) is 4.04. The van der Waals surface area contributed by atoms with Crippen LogP contribution in [0.2, 0.25) is 0 Å². The van der Waals surface area contributed by atoms with Gasteiger partial charge in [-0.05, 0) is 26.7 Å². The molecular formula is C8H14O2. The van der Waals surface area contributed by atoms with Crippen LogP contribution in [-0.4, -0.2) is 18.5 Å². The first kappa shape index (κ1) is 7.73. The predicted molar refractivity (Wildman–Crippen MR) is 38.8 cm³/mol. The minimum absolute atomic E-state index is 0.235. The Hall–Kier alpha value is -0.370. The minimum Gasteiger partial charge on any atom is -0.376 e. The van der Waals surface area contributed by atoms with E-state index in [1.807, 2.05) is 13.8 Å². The molecule has 0 radical (unpaired) electrons. The Bertz CT molecular complexity index is 112. The van der Waals surface area contributed by atoms with Crippen molar-refractivity contribution in [3.8, 4) is 0 Å². The highest BCUT2D eigenvalue weighted by atomic mass is 16.5. The summed E-state index contributed by atoms with van der Waals surface area (Å²) in [5, 5.41) is 0. The lowest BCUT2D eigenvalue weighted by molar-refractivity contribution is -0.119. The smallest absolute Gasteiger partial charge is 0.123 e. The summed E-state index contributed by atoms with van der Waals surface area (Å²) in [5.74, 6) is 0.235. The second-order valence-electron chi connectivity index (χ2n) is 3.12. The molecule has 1 heterocycles. The van der Waals surface area contributed by atoms with Gasteiger partial charge in [-0.15, -0.1) is 0 Å². The molecule has 2 unspecified atom stereocenters. The number of hydrogen-bond donors (Lipinski definition) is 0. The van der Waals surface area contributed by atoms with Crippen molar-refractivity contribution in [2.75, 3.05) is 0 Å². The molecule has 3 atom stereocenters. The van der Waals surface area contributed by atoms with Crippen LogP contribution in [0.3, 0.4) is 0 Å². The summed E-state index contributed by atoms with van der Waals surface area (Å²) >= 11 is 0. The average molecular weight is 142 g/mol. The SMILES string of the molecule is CC1CC(C=O)C[C@H](C)O1. The van der Waals surface area contributed by atoms with E-state index >= 15 is 0 Å². The van der Waals surface area contributed by atoms with Gasteiger partial charge < -0.3 is 9.53 Å². The van der Waals surface area contributed by atoms with E-state index in [9.17, 15) is 4.79 Å². The standard InChI is InChI=1S/C8H14O2/c1-6-3-8(5-9)4-7(2)10-6/h5-8H,3-4H2,1-2H3/t6-,7?,8?/m0/s1. The molecule has 0 saturated carbocycles. The topological polar surface area (TPSA) is 26.3 Å². The minimum atomic E-state index is 0.235. The van der Waals surface area contributed by atoms with Crippen molar-refractivity contribution in [2.45, 2.75) is 38.9 Å². The van der Waals surface area contributed by atoms with Crippen molar-refractivity contribution in [1.29, 1.82) is 0 Å². The molecule has 2 heteroatoms. The lowest BCUT2D eigenvalue weighted by atomic mass is 9.94. The normalized spacial score (nSPS) is 41.2. The number of carbonyl (C=O) groups excluding carboxylic acids is 1. The number of hydrogen-bond acceptors (Lipinski definition) is 2. The Morgan fingerprint density at radius 3 is 2.20 bits per heavy atom. The van der Waals surface area contributed by atoms with Crippen LogP contribution in [-0.2, 0) is 9.53 Å². The molecule has 0 spiro atoms. The highest BCUT2D eigenvalue weighted by molar-refractivity contribution is 5.53. The summed E-state index contributed by atoms with van der Waals surface area (Å²) in [5.41, 5.74) is 0. The first-order valence-electron chi connectivity index (χ1n) is 3.83. The van der Waals surface area contributed by atoms with Gasteiger partial charge >= 0.3 is 0 Å². The molecule has 1 saturated heterocycles. The van der Waals surface area contributed by atoms with Crippen LogP contribution in [0.5, 0.6) is 0 Å². The number of aldehydes is 1. The summed E-state index contributed by atoms with van der Waals surface area (Å²) in [6, 6.07) is 0. The van der Waals surface area contributed by atoms with E-state index in [1.165, 1.54) is 0 Å². The summed E-state index contributed by atoms with van der Waals surface area (Å²) in [4.78, 5) is 10.4. The van der Waals surface area contributed by atoms with Gasteiger partial charge in [0.25, 0.3) is 0 Å². The molecule has 1 aliphatic heterocycles. The van der Waals surface area contributed by atoms with Crippen LogP contribution in [0.4, 0.5) is 0 Å². The maximum atomic E-state index is 10.4. The van der Waals surface area contributed by atoms with Crippen molar-refractivity contribution in [2.24, 2.45) is 5.92 Å². The molecule has 0 bridgehead atoms. The summed E-state index contributed by atoms with van der Waals surface area (Å²) in [7, 11) is 0. The molecule has 1 rings (SSSR count). The Morgan fingerprint density at radius 2 is 1.80 bits per heavy atom. The Morgan fingerprint density at radius 1 is 1.30 bits per heavy atom. The second-order valence-corrected chi connectivity index (χ2v) is 3.12. The zero-order chi connectivity index (χ0) is 7.56. The highest BCUT2D eigenvalue weighted by Gasteiger charge is 2.23. The molecule has 1 fully saturated rings. The summed E-state index contributed by atoms with van der Waals surface area (Å²) < 4.78 is 5.46. The first-order valence-corrected chi connectivity index (χ1v) is 3.83. The van der Waals surface area contributed by atoms with Gasteiger partial charge in [-0.25, -0.2) is 0 Å². The number of carbonyl (C=O) groups is 1. The van der Waals surface area contributed by atoms with Crippen LogP contribution in [0, 0.1) is 5.92 Å². The molecule has 58 valence electrons. The third-order valence-electron chi connectivity index (χ3n) is 1.93. The maximum Gasteiger partial charge on any atom is 0.123 e. The van der Waals surface area contributed by atoms with Crippen molar-refractivity contribution in [3.05, 3.63) is 0 Å². The van der Waals surface area contributed by atoms with Crippen LogP contribution in [0.15, 0.2) is 0 Å². The van der Waals surface area contributed by atoms with Crippen LogP contribution in [0.25, 0.3) is 0 Å². The number of rotatable bonds is 1. The van der Waals surface area contributed by atoms with E-state index in [0.717, 1.165) is 19.1 Å². The van der Waals surface area contributed by atoms with E-state index in [-0.39, 0.29) is 18.1 Å². The fraction of sp³-hybridized carbons (Fsp3) is 0.875. The zero-order valence-corrected chi connectivity index (χ0v) is 6.54. The molecule has 0 amide bonds. The molecule has 0 aromatic heterocycles. The quantitative estimate of drug-likeness (QED) is 0.517. The highest BCUT2D eigenvalue weighted by Crippen LogP contribution is 2.22. The third-order valence-corrected chi connectivity index (χ3v) is 1.93. The first-order chi connectivity index (χ1) is 4.72. The van der Waals surface area contributed by atoms with Crippen molar-refractivity contribution in [3.63, 3.8) is 0 Å². The monoisotopic (exact) mass is 142 g/mol. The summed E-state index contributed by atoms with van der Waals surface area (Å²) in [6.07, 6.45) is 3.37. The fourth-order valence-electron chi connectivity index (χ4n) is 1.57. The Balaban J connectivity index is 2.42. The van der Waals surface area contributed by atoms with Gasteiger partial charge in [-0.1, -0.05) is 0 Å². The molecule has 2 nitrogen and oxygen atoms in total. The maximum absolute atomic E-state index is 10.4. The molecule has 0 aromatic rings. The molecule has 0 N–H and O–H groups in total. The molecule has 0 aromatic carbocycles. The van der Waals surface area contributed by atoms with E-state index in [1.54, 1.807) is 0 Å². The molecule has 1 aliphatic rings. The number of ether oxygens (including phenoxy) is 1. The van der Waals surface area contributed by atoms with E-state index in [2.05, 4.69) is 0 Å². The van der Waals surface area contributed by atoms with E-state index < -0.39 is 0 Å². The Kier molecular flexibility index (Phi) is 2.44. The van der Waals surface area contributed by atoms with Crippen LogP contribution in [0.1, 0.15) is 26.7 Å². The van der Waals surface area contributed by atoms with Gasteiger partial charge in [0.05, 0.1) is 12.2 Å². The lowest BCUT2D eigenvalue weighted by Crippen LogP contribution is -2.29. The van der Waals surface area contributed by atoms with Gasteiger partial charge in [0.1, 0.15) is 6.29 Å². The van der Waals surface area contributed by atoms with Gasteiger partial charge in [0, 0.05) is 5.92 Å². The average Bonchev–Trinajstić information content (AvgIpc) is 1.85. The van der Waals surface area contributed by atoms with E-state index in [4.69, 9.17) is 4.74 Å². The Labute approximate surface area is 61.6 Å². The van der Waals surface area contributed by atoms with Gasteiger partial charge in [0.15, 0.2) is 0 Å². The second kappa shape index (κ2) is 3.15. The van der Waals surface area contributed by atoms with Gasteiger partial charge in [-0.3, -0.25) is 0 Å². The largest absolute Gasteiger partial charge is 0.376 e. The fourth-order valence-corrected chi connectivity index (χ4v) is 1.57. The zero-order valence-electron chi connectivity index (χ0n) is 6.54.